The van der Waals surface area contributed by atoms with Crippen LogP contribution >= 0.6 is 0 Å². The van der Waals surface area contributed by atoms with Gasteiger partial charge >= 0.3 is 0 Å². The van der Waals surface area contributed by atoms with Crippen LogP contribution in [0.3, 0.4) is 0 Å². The van der Waals surface area contributed by atoms with E-state index in [2.05, 4.69) is 94.7 Å². The standard InChI is InChI=1S/C29H31NO/c1-17(2)12-20-10-11-22-23(15-20)26(18(3)4)16-30-28(22)25-14-19(5)13-24-21-8-6-7-9-27(21)31-29(24)25/h6-11,13-18,28,30H,12H2,1-5H3. The number of hydrogen-bond donors (Lipinski definition) is 1. The summed E-state index contributed by atoms with van der Waals surface area (Å²) in [6.45, 7) is 11.3. The van der Waals surface area contributed by atoms with Crippen molar-refractivity contribution < 1.29 is 4.42 Å². The number of aryl methyl sites for hydroxylation is 1. The van der Waals surface area contributed by atoms with Crippen molar-refractivity contribution in [1.82, 2.24) is 5.32 Å². The summed E-state index contributed by atoms with van der Waals surface area (Å²) in [6.07, 6.45) is 3.34. The summed E-state index contributed by atoms with van der Waals surface area (Å²) >= 11 is 0. The first kappa shape index (κ1) is 19.9. The lowest BCUT2D eigenvalue weighted by Gasteiger charge is -2.30. The number of benzene rings is 3. The molecule has 2 heterocycles. The van der Waals surface area contributed by atoms with Crippen LogP contribution in [0, 0.1) is 18.8 Å². The molecule has 0 bridgehead atoms. The number of allylic oxidation sites excluding steroid dienone is 1. The van der Waals surface area contributed by atoms with Gasteiger partial charge in [-0.25, -0.2) is 0 Å². The molecule has 0 spiro atoms. The number of furan rings is 1. The van der Waals surface area contributed by atoms with Gasteiger partial charge in [0.15, 0.2) is 0 Å². The van der Waals surface area contributed by atoms with Gasteiger partial charge < -0.3 is 9.73 Å². The molecule has 0 radical (unpaired) electrons. The van der Waals surface area contributed by atoms with Crippen molar-refractivity contribution in [3.63, 3.8) is 0 Å². The van der Waals surface area contributed by atoms with Crippen LogP contribution in [0.1, 0.15) is 61.6 Å². The van der Waals surface area contributed by atoms with Gasteiger partial charge in [-0.2, -0.15) is 0 Å². The van der Waals surface area contributed by atoms with Crippen molar-refractivity contribution in [2.75, 3.05) is 0 Å². The van der Waals surface area contributed by atoms with Crippen molar-refractivity contribution in [2.24, 2.45) is 11.8 Å². The monoisotopic (exact) mass is 409 g/mol. The predicted molar refractivity (Wildman–Crippen MR) is 131 cm³/mol. The molecule has 1 atom stereocenters. The van der Waals surface area contributed by atoms with Gasteiger partial charge in [0, 0.05) is 22.5 Å². The van der Waals surface area contributed by atoms with Crippen molar-refractivity contribution in [1.29, 1.82) is 0 Å². The van der Waals surface area contributed by atoms with Crippen LogP contribution in [-0.2, 0) is 6.42 Å². The summed E-state index contributed by atoms with van der Waals surface area (Å²) < 4.78 is 6.40. The first-order valence-electron chi connectivity index (χ1n) is 11.4. The molecule has 2 heteroatoms. The molecule has 0 saturated heterocycles. The lowest BCUT2D eigenvalue weighted by molar-refractivity contribution is 0.636. The zero-order chi connectivity index (χ0) is 21.7. The Morgan fingerprint density at radius 1 is 0.903 bits per heavy atom. The zero-order valence-electron chi connectivity index (χ0n) is 19.1. The highest BCUT2D eigenvalue weighted by atomic mass is 16.3. The van der Waals surface area contributed by atoms with Crippen LogP contribution in [0.5, 0.6) is 0 Å². The molecule has 0 fully saturated rings. The van der Waals surface area contributed by atoms with Crippen LogP contribution in [-0.4, -0.2) is 0 Å². The fourth-order valence-corrected chi connectivity index (χ4v) is 5.00. The Bertz CT molecular complexity index is 1310. The Morgan fingerprint density at radius 2 is 1.71 bits per heavy atom. The van der Waals surface area contributed by atoms with Crippen molar-refractivity contribution in [2.45, 2.75) is 47.1 Å². The number of hydrogen-bond acceptors (Lipinski definition) is 2. The lowest BCUT2D eigenvalue weighted by atomic mass is 9.82. The SMILES string of the molecule is Cc1cc(C2NC=C(C(C)C)c3cc(CC(C)C)ccc32)c2oc3ccccc3c2c1. The fraction of sp³-hybridized carbons (Fsp3) is 0.310. The third kappa shape index (κ3) is 3.44. The average Bonchev–Trinajstić information content (AvgIpc) is 3.10. The Balaban J connectivity index is 1.71. The first-order chi connectivity index (χ1) is 14.9. The molecule has 31 heavy (non-hydrogen) atoms. The van der Waals surface area contributed by atoms with E-state index in [1.54, 1.807) is 0 Å². The maximum Gasteiger partial charge on any atom is 0.141 e. The molecule has 1 unspecified atom stereocenters. The van der Waals surface area contributed by atoms with E-state index in [-0.39, 0.29) is 6.04 Å². The molecular formula is C29H31NO. The van der Waals surface area contributed by atoms with Crippen molar-refractivity contribution in [3.8, 4) is 0 Å². The Hall–Kier alpha value is -3.00. The lowest BCUT2D eigenvalue weighted by Crippen LogP contribution is -2.24. The molecule has 0 amide bonds. The minimum Gasteiger partial charge on any atom is -0.456 e. The highest BCUT2D eigenvalue weighted by molar-refractivity contribution is 6.06. The zero-order valence-corrected chi connectivity index (χ0v) is 19.1. The quantitative estimate of drug-likeness (QED) is 0.372. The minimum absolute atomic E-state index is 0.0774. The normalized spacial score (nSPS) is 16.1. The average molecular weight is 410 g/mol. The molecule has 1 aliphatic heterocycles. The molecule has 0 saturated carbocycles. The Labute approximate surface area is 185 Å². The highest BCUT2D eigenvalue weighted by Crippen LogP contribution is 2.41. The fourth-order valence-electron chi connectivity index (χ4n) is 5.00. The summed E-state index contributed by atoms with van der Waals surface area (Å²) in [6, 6.07) is 20.0. The molecule has 2 nitrogen and oxygen atoms in total. The second kappa shape index (κ2) is 7.60. The van der Waals surface area contributed by atoms with Gasteiger partial charge in [-0.3, -0.25) is 0 Å². The first-order valence-corrected chi connectivity index (χ1v) is 11.4. The summed E-state index contributed by atoms with van der Waals surface area (Å²) in [5.74, 6) is 1.11. The van der Waals surface area contributed by atoms with E-state index in [1.807, 2.05) is 6.07 Å². The van der Waals surface area contributed by atoms with Gasteiger partial charge in [-0.15, -0.1) is 0 Å². The van der Waals surface area contributed by atoms with Gasteiger partial charge in [0.2, 0.25) is 0 Å². The molecule has 4 aromatic rings. The van der Waals surface area contributed by atoms with E-state index in [4.69, 9.17) is 4.42 Å². The van der Waals surface area contributed by atoms with Crippen molar-refractivity contribution >= 4 is 27.5 Å². The molecule has 1 aliphatic rings. The highest BCUT2D eigenvalue weighted by Gasteiger charge is 2.27. The van der Waals surface area contributed by atoms with Crippen LogP contribution in [0.2, 0.25) is 0 Å². The Morgan fingerprint density at radius 3 is 2.48 bits per heavy atom. The summed E-state index contributed by atoms with van der Waals surface area (Å²) in [7, 11) is 0. The molecule has 1 aromatic heterocycles. The van der Waals surface area contributed by atoms with Gasteiger partial charge in [0.25, 0.3) is 0 Å². The van der Waals surface area contributed by atoms with Crippen LogP contribution < -0.4 is 5.32 Å². The molecule has 3 aromatic carbocycles. The number of nitrogens with one attached hydrogen (secondary N) is 1. The number of para-hydroxylation sites is 1. The van der Waals surface area contributed by atoms with Crippen molar-refractivity contribution in [3.05, 3.63) is 88.6 Å². The predicted octanol–water partition coefficient (Wildman–Crippen LogP) is 7.78. The smallest absolute Gasteiger partial charge is 0.141 e. The maximum absolute atomic E-state index is 6.40. The van der Waals surface area contributed by atoms with E-state index in [9.17, 15) is 0 Å². The van der Waals surface area contributed by atoms with E-state index < -0.39 is 0 Å². The van der Waals surface area contributed by atoms with E-state index >= 15 is 0 Å². The van der Waals surface area contributed by atoms with Gasteiger partial charge in [-0.1, -0.05) is 64.1 Å². The van der Waals surface area contributed by atoms with Crippen LogP contribution in [0.25, 0.3) is 27.5 Å². The third-order valence-corrected chi connectivity index (χ3v) is 6.37. The van der Waals surface area contributed by atoms with Gasteiger partial charge in [0.1, 0.15) is 11.2 Å². The molecule has 1 N–H and O–H groups in total. The number of fused-ring (bicyclic) bond motifs is 4. The summed E-state index contributed by atoms with van der Waals surface area (Å²) in [5, 5.41) is 6.11. The second-order valence-corrected chi connectivity index (χ2v) is 9.70. The molecule has 5 rings (SSSR count). The number of rotatable bonds is 4. The molecule has 158 valence electrons. The van der Waals surface area contributed by atoms with E-state index in [0.29, 0.717) is 11.8 Å². The topological polar surface area (TPSA) is 25.2 Å². The largest absolute Gasteiger partial charge is 0.456 e. The van der Waals surface area contributed by atoms with E-state index in [1.165, 1.54) is 44.2 Å². The van der Waals surface area contributed by atoms with E-state index in [0.717, 1.165) is 17.6 Å². The van der Waals surface area contributed by atoms with Gasteiger partial charge in [-0.05, 0) is 71.2 Å². The summed E-state index contributed by atoms with van der Waals surface area (Å²) in [5.41, 5.74) is 9.92. The van der Waals surface area contributed by atoms with Crippen LogP contribution in [0.15, 0.2) is 65.2 Å². The molecular weight excluding hydrogens is 378 g/mol. The second-order valence-electron chi connectivity index (χ2n) is 9.70. The minimum atomic E-state index is 0.0774. The summed E-state index contributed by atoms with van der Waals surface area (Å²) in [4.78, 5) is 0. The van der Waals surface area contributed by atoms with Crippen LogP contribution in [0.4, 0.5) is 0 Å². The maximum atomic E-state index is 6.40. The Kier molecular flexibility index (Phi) is 4.89. The third-order valence-electron chi connectivity index (χ3n) is 6.37. The molecule has 0 aliphatic carbocycles. The van der Waals surface area contributed by atoms with Gasteiger partial charge in [0.05, 0.1) is 6.04 Å².